The molecule has 0 spiro atoms. The third-order valence-corrected chi connectivity index (χ3v) is 6.23. The second kappa shape index (κ2) is 8.02. The molecule has 0 saturated heterocycles. The van der Waals surface area contributed by atoms with Gasteiger partial charge in [0.05, 0.1) is 11.4 Å². The van der Waals surface area contributed by atoms with E-state index in [1.54, 1.807) is 61.1 Å². The third-order valence-electron chi connectivity index (χ3n) is 4.49. The van der Waals surface area contributed by atoms with Crippen molar-refractivity contribution < 1.29 is 12.9 Å². The minimum Gasteiger partial charge on any atom is -0.359 e. The van der Waals surface area contributed by atoms with Crippen molar-refractivity contribution in [3.8, 4) is 11.3 Å². The quantitative estimate of drug-likeness (QED) is 0.466. The van der Waals surface area contributed by atoms with Gasteiger partial charge in [-0.2, -0.15) is 0 Å². The Hall–Kier alpha value is -3.23. The highest BCUT2D eigenvalue weighted by molar-refractivity contribution is 7.90. The second-order valence-electron chi connectivity index (χ2n) is 6.70. The van der Waals surface area contributed by atoms with Crippen LogP contribution in [0.3, 0.4) is 0 Å². The number of nitrogens with zero attached hydrogens (tertiary/aromatic N) is 4. The number of hydrogen-bond donors (Lipinski definition) is 0. The molecule has 0 N–H and O–H groups in total. The first-order valence-electron chi connectivity index (χ1n) is 9.05. The summed E-state index contributed by atoms with van der Waals surface area (Å²) in [7, 11) is -1.72. The molecule has 4 aromatic rings. The largest absolute Gasteiger partial charge is 0.359 e. The minimum absolute atomic E-state index is 0.261. The van der Waals surface area contributed by atoms with Gasteiger partial charge in [0.1, 0.15) is 5.69 Å². The van der Waals surface area contributed by atoms with Crippen molar-refractivity contribution in [2.75, 3.05) is 7.05 Å². The number of benzene rings is 1. The average Bonchev–Trinajstić information content (AvgIpc) is 3.39. The summed E-state index contributed by atoms with van der Waals surface area (Å²) < 4.78 is 32.6. The van der Waals surface area contributed by atoms with Gasteiger partial charge in [0.25, 0.3) is 10.0 Å². The Labute approximate surface area is 169 Å². The molecule has 0 unspecified atom stereocenters. The summed E-state index contributed by atoms with van der Waals surface area (Å²) in [5.74, 6) is 0.698. The maximum Gasteiger partial charge on any atom is 0.267 e. The molecule has 4 rings (SSSR count). The zero-order valence-corrected chi connectivity index (χ0v) is 16.7. The fourth-order valence-corrected chi connectivity index (χ4v) is 4.50. The topological polar surface area (TPSA) is 81.2 Å². The van der Waals surface area contributed by atoms with E-state index in [1.807, 2.05) is 30.1 Å². The molecular weight excluding hydrogens is 388 g/mol. The summed E-state index contributed by atoms with van der Waals surface area (Å²) in [4.78, 5) is 6.24. The fraction of sp³-hybridized carbons (Fsp3) is 0.143. The van der Waals surface area contributed by atoms with E-state index in [0.29, 0.717) is 24.5 Å². The van der Waals surface area contributed by atoms with Gasteiger partial charge in [0.2, 0.25) is 0 Å². The molecule has 3 aromatic heterocycles. The summed E-state index contributed by atoms with van der Waals surface area (Å²) in [6, 6.07) is 17.6. The Bertz CT molecular complexity index is 1180. The van der Waals surface area contributed by atoms with Gasteiger partial charge in [-0.25, -0.2) is 12.4 Å². The molecule has 0 aliphatic rings. The molecule has 7 nitrogen and oxygen atoms in total. The van der Waals surface area contributed by atoms with Crippen molar-refractivity contribution >= 4 is 10.0 Å². The maximum absolute atomic E-state index is 12.9. The van der Waals surface area contributed by atoms with Gasteiger partial charge in [-0.3, -0.25) is 9.88 Å². The lowest BCUT2D eigenvalue weighted by Crippen LogP contribution is -2.22. The van der Waals surface area contributed by atoms with Crippen LogP contribution in [0.4, 0.5) is 0 Å². The van der Waals surface area contributed by atoms with Crippen LogP contribution in [0.2, 0.25) is 0 Å². The molecule has 148 valence electrons. The van der Waals surface area contributed by atoms with Crippen LogP contribution < -0.4 is 0 Å². The molecule has 0 fully saturated rings. The van der Waals surface area contributed by atoms with Gasteiger partial charge in [-0.1, -0.05) is 23.4 Å². The molecule has 1 aromatic carbocycles. The number of aromatic nitrogens is 3. The van der Waals surface area contributed by atoms with E-state index >= 15 is 0 Å². The van der Waals surface area contributed by atoms with Gasteiger partial charge < -0.3 is 4.52 Å². The minimum atomic E-state index is -3.63. The molecule has 0 aliphatic heterocycles. The molecule has 0 amide bonds. The van der Waals surface area contributed by atoms with Gasteiger partial charge in [-0.15, -0.1) is 0 Å². The predicted octanol–water partition coefficient (Wildman–Crippen LogP) is 3.41. The Kier molecular flexibility index (Phi) is 5.28. The van der Waals surface area contributed by atoms with E-state index in [0.717, 1.165) is 11.3 Å². The normalized spacial score (nSPS) is 11.8. The van der Waals surface area contributed by atoms with E-state index in [9.17, 15) is 8.42 Å². The lowest BCUT2D eigenvalue weighted by molar-refractivity contribution is 0.264. The van der Waals surface area contributed by atoms with Crippen LogP contribution in [-0.2, 0) is 23.1 Å². The van der Waals surface area contributed by atoms with E-state index in [-0.39, 0.29) is 4.90 Å². The van der Waals surface area contributed by atoms with Crippen molar-refractivity contribution in [1.29, 1.82) is 0 Å². The Morgan fingerprint density at radius 3 is 2.52 bits per heavy atom. The Balaban J connectivity index is 1.49. The van der Waals surface area contributed by atoms with Crippen LogP contribution >= 0.6 is 0 Å². The first kappa shape index (κ1) is 19.1. The summed E-state index contributed by atoms with van der Waals surface area (Å²) in [6.07, 6.45) is 4.98. The number of pyridine rings is 1. The van der Waals surface area contributed by atoms with Crippen LogP contribution in [0.1, 0.15) is 11.5 Å². The lowest BCUT2D eigenvalue weighted by Gasteiger charge is -2.17. The summed E-state index contributed by atoms with van der Waals surface area (Å²) in [5.41, 5.74) is 2.34. The molecule has 0 bridgehead atoms. The highest BCUT2D eigenvalue weighted by Crippen LogP contribution is 2.20. The average molecular weight is 408 g/mol. The highest BCUT2D eigenvalue weighted by Gasteiger charge is 2.20. The van der Waals surface area contributed by atoms with E-state index in [1.165, 1.54) is 3.97 Å². The van der Waals surface area contributed by atoms with Crippen LogP contribution in [0.25, 0.3) is 11.3 Å². The third kappa shape index (κ3) is 4.13. The Morgan fingerprint density at radius 2 is 1.76 bits per heavy atom. The smallest absolute Gasteiger partial charge is 0.267 e. The number of rotatable bonds is 7. The summed E-state index contributed by atoms with van der Waals surface area (Å²) in [6.45, 7) is 0.930. The Morgan fingerprint density at radius 1 is 1.00 bits per heavy atom. The van der Waals surface area contributed by atoms with Crippen LogP contribution in [0.15, 0.2) is 88.7 Å². The van der Waals surface area contributed by atoms with Gasteiger partial charge in [-0.05, 0) is 43.4 Å². The lowest BCUT2D eigenvalue weighted by atomic mass is 10.2. The maximum atomic E-state index is 12.9. The molecular formula is C21H20N4O3S. The predicted molar refractivity (Wildman–Crippen MR) is 108 cm³/mol. The SMILES string of the molecule is CN(Cc1cc(-c2ccncc2)no1)Cc1cccn1S(=O)(=O)c1ccccc1. The fourth-order valence-electron chi connectivity index (χ4n) is 3.11. The van der Waals surface area contributed by atoms with E-state index < -0.39 is 10.0 Å². The van der Waals surface area contributed by atoms with Crippen molar-refractivity contribution in [1.82, 2.24) is 19.0 Å². The molecule has 0 atom stereocenters. The number of hydrogen-bond acceptors (Lipinski definition) is 6. The first-order chi connectivity index (χ1) is 14.0. The zero-order valence-electron chi connectivity index (χ0n) is 15.8. The summed E-state index contributed by atoms with van der Waals surface area (Å²) >= 11 is 0. The van der Waals surface area contributed by atoms with Crippen molar-refractivity contribution in [3.05, 3.63) is 90.7 Å². The molecule has 0 aliphatic carbocycles. The van der Waals surface area contributed by atoms with Crippen molar-refractivity contribution in [3.63, 3.8) is 0 Å². The summed E-state index contributed by atoms with van der Waals surface area (Å²) in [5, 5.41) is 4.10. The highest BCUT2D eigenvalue weighted by atomic mass is 32.2. The van der Waals surface area contributed by atoms with Crippen LogP contribution in [-0.4, -0.2) is 34.5 Å². The molecule has 8 heteroatoms. The van der Waals surface area contributed by atoms with Crippen molar-refractivity contribution in [2.45, 2.75) is 18.0 Å². The monoisotopic (exact) mass is 408 g/mol. The first-order valence-corrected chi connectivity index (χ1v) is 10.5. The van der Waals surface area contributed by atoms with Gasteiger partial charge >= 0.3 is 0 Å². The van der Waals surface area contributed by atoms with E-state index in [2.05, 4.69) is 10.1 Å². The molecule has 0 saturated carbocycles. The van der Waals surface area contributed by atoms with Crippen LogP contribution in [0, 0.1) is 0 Å². The van der Waals surface area contributed by atoms with E-state index in [4.69, 9.17) is 4.52 Å². The molecule has 29 heavy (non-hydrogen) atoms. The van der Waals surface area contributed by atoms with Gasteiger partial charge in [0.15, 0.2) is 5.76 Å². The zero-order chi connectivity index (χ0) is 20.3. The standard InChI is InChI=1S/C21H20N4O3S/c1-24(16-19-14-21(23-28-19)17-9-11-22-12-10-17)15-18-6-5-13-25(18)29(26,27)20-7-3-2-4-8-20/h2-14H,15-16H2,1H3. The molecule has 3 heterocycles. The van der Waals surface area contributed by atoms with Gasteiger partial charge in [0, 0.05) is 42.5 Å². The van der Waals surface area contributed by atoms with Crippen LogP contribution in [0.5, 0.6) is 0 Å². The second-order valence-corrected chi connectivity index (χ2v) is 8.52. The van der Waals surface area contributed by atoms with Crippen molar-refractivity contribution in [2.24, 2.45) is 0 Å². The molecule has 0 radical (unpaired) electrons.